The second-order valence-electron chi connectivity index (χ2n) is 7.58. The second-order valence-corrected chi connectivity index (χ2v) is 7.58. The van der Waals surface area contributed by atoms with E-state index in [1.807, 2.05) is 19.2 Å². The van der Waals surface area contributed by atoms with Crippen molar-refractivity contribution < 1.29 is 4.63 Å². The summed E-state index contributed by atoms with van der Waals surface area (Å²) in [6.45, 7) is 3.82. The van der Waals surface area contributed by atoms with Gasteiger partial charge in [-0.15, -0.1) is 0 Å². The molecule has 2 aromatic heterocycles. The number of hydrogen-bond donors (Lipinski definition) is 1. The van der Waals surface area contributed by atoms with E-state index >= 15 is 0 Å². The van der Waals surface area contributed by atoms with Crippen molar-refractivity contribution in [3.05, 3.63) is 77.7 Å². The van der Waals surface area contributed by atoms with Crippen LogP contribution in [0, 0.1) is 6.92 Å². The number of aromatic nitrogens is 4. The Morgan fingerprint density at radius 2 is 1.76 bits per heavy atom. The molecule has 4 aromatic rings. The normalized spacial score (nSPS) is 17.1. The molecule has 5 rings (SSSR count). The number of rotatable bonds is 5. The second kappa shape index (κ2) is 7.64. The highest BCUT2D eigenvalue weighted by atomic mass is 16.6. The Morgan fingerprint density at radius 1 is 1.00 bits per heavy atom. The van der Waals surface area contributed by atoms with Crippen LogP contribution in [0.15, 0.2) is 65.4 Å². The van der Waals surface area contributed by atoms with Crippen LogP contribution in [0.1, 0.15) is 35.8 Å². The van der Waals surface area contributed by atoms with Gasteiger partial charge in [0.1, 0.15) is 11.4 Å². The molecule has 1 saturated heterocycles. The molecule has 2 aromatic carbocycles. The summed E-state index contributed by atoms with van der Waals surface area (Å²) >= 11 is 0. The van der Waals surface area contributed by atoms with Crippen molar-refractivity contribution in [3.63, 3.8) is 0 Å². The first kappa shape index (κ1) is 17.8. The van der Waals surface area contributed by atoms with Gasteiger partial charge >= 0.3 is 0 Å². The summed E-state index contributed by atoms with van der Waals surface area (Å²) in [5, 5.41) is 15.6. The van der Waals surface area contributed by atoms with Crippen molar-refractivity contribution in [1.82, 2.24) is 25.4 Å². The molecule has 0 aliphatic carbocycles. The van der Waals surface area contributed by atoms with Gasteiger partial charge in [-0.3, -0.25) is 10.00 Å². The maximum Gasteiger partial charge on any atom is 0.125 e. The highest BCUT2D eigenvalue weighted by molar-refractivity contribution is 5.70. The van der Waals surface area contributed by atoms with E-state index in [9.17, 15) is 0 Å². The molecule has 0 spiro atoms. The van der Waals surface area contributed by atoms with E-state index in [-0.39, 0.29) is 6.04 Å². The SMILES string of the molecule is Cc1nonc1[C@@H]1CCCN1Cc1cn[nH]c1-c1ccc(-c2ccccc2)cc1. The minimum absolute atomic E-state index is 0.254. The molecule has 0 amide bonds. The Bertz CT molecular complexity index is 1080. The minimum atomic E-state index is 0.254. The highest BCUT2D eigenvalue weighted by Gasteiger charge is 2.31. The van der Waals surface area contributed by atoms with Gasteiger partial charge in [-0.1, -0.05) is 64.9 Å². The summed E-state index contributed by atoms with van der Waals surface area (Å²) < 4.78 is 4.94. The maximum absolute atomic E-state index is 4.94. The third-order valence-corrected chi connectivity index (χ3v) is 5.74. The summed E-state index contributed by atoms with van der Waals surface area (Å²) in [7, 11) is 0. The third-order valence-electron chi connectivity index (χ3n) is 5.74. The van der Waals surface area contributed by atoms with Gasteiger partial charge in [-0.25, -0.2) is 4.63 Å². The van der Waals surface area contributed by atoms with Gasteiger partial charge in [0.15, 0.2) is 0 Å². The molecule has 3 heterocycles. The Hall–Kier alpha value is -3.25. The zero-order chi connectivity index (χ0) is 19.6. The quantitative estimate of drug-likeness (QED) is 0.536. The van der Waals surface area contributed by atoms with Gasteiger partial charge in [-0.05, 0) is 43.0 Å². The molecule has 29 heavy (non-hydrogen) atoms. The topological polar surface area (TPSA) is 70.8 Å². The molecule has 1 fully saturated rings. The molecule has 6 heteroatoms. The molecule has 1 N–H and O–H groups in total. The molecule has 0 bridgehead atoms. The number of benzene rings is 2. The molecule has 1 atom stereocenters. The average Bonchev–Trinajstić information content (AvgIpc) is 3.50. The van der Waals surface area contributed by atoms with E-state index in [0.29, 0.717) is 0 Å². The smallest absolute Gasteiger partial charge is 0.125 e. The molecule has 1 aliphatic rings. The van der Waals surface area contributed by atoms with Gasteiger partial charge in [0.05, 0.1) is 17.9 Å². The Labute approximate surface area is 169 Å². The summed E-state index contributed by atoms with van der Waals surface area (Å²) in [5.74, 6) is 0. The number of aryl methyl sites for hydroxylation is 1. The van der Waals surface area contributed by atoms with E-state index in [2.05, 4.69) is 73.9 Å². The van der Waals surface area contributed by atoms with Crippen LogP contribution in [0.4, 0.5) is 0 Å². The third kappa shape index (κ3) is 3.47. The first-order valence-corrected chi connectivity index (χ1v) is 10.0. The zero-order valence-corrected chi connectivity index (χ0v) is 16.4. The largest absolute Gasteiger partial charge is 0.290 e. The number of hydrogen-bond acceptors (Lipinski definition) is 5. The predicted octanol–water partition coefficient (Wildman–Crippen LogP) is 4.77. The van der Waals surface area contributed by atoms with Crippen LogP contribution in [0.25, 0.3) is 22.4 Å². The fourth-order valence-electron chi connectivity index (χ4n) is 4.23. The number of likely N-dealkylation sites (tertiary alicyclic amines) is 1. The molecule has 146 valence electrons. The van der Waals surface area contributed by atoms with E-state index in [0.717, 1.165) is 48.6 Å². The van der Waals surface area contributed by atoms with E-state index in [1.54, 1.807) is 0 Å². The molecule has 0 unspecified atom stereocenters. The van der Waals surface area contributed by atoms with Gasteiger partial charge in [-0.2, -0.15) is 5.10 Å². The number of nitrogens with zero attached hydrogens (tertiary/aromatic N) is 4. The van der Waals surface area contributed by atoms with Crippen LogP contribution in [-0.2, 0) is 6.54 Å². The molecular weight excluding hydrogens is 362 g/mol. The Morgan fingerprint density at radius 3 is 2.52 bits per heavy atom. The van der Waals surface area contributed by atoms with Crippen LogP contribution in [-0.4, -0.2) is 32.0 Å². The predicted molar refractivity (Wildman–Crippen MR) is 111 cm³/mol. The van der Waals surface area contributed by atoms with Crippen LogP contribution in [0.5, 0.6) is 0 Å². The average molecular weight is 385 g/mol. The van der Waals surface area contributed by atoms with Crippen LogP contribution < -0.4 is 0 Å². The lowest BCUT2D eigenvalue weighted by Gasteiger charge is -2.22. The minimum Gasteiger partial charge on any atom is -0.290 e. The number of aromatic amines is 1. The highest BCUT2D eigenvalue weighted by Crippen LogP contribution is 2.35. The number of H-pyrrole nitrogens is 1. The van der Waals surface area contributed by atoms with E-state index in [4.69, 9.17) is 4.63 Å². The number of nitrogens with one attached hydrogen (secondary N) is 1. The lowest BCUT2D eigenvalue weighted by Crippen LogP contribution is -2.23. The summed E-state index contributed by atoms with van der Waals surface area (Å²) in [4.78, 5) is 2.44. The molecular formula is C23H23N5O. The molecule has 6 nitrogen and oxygen atoms in total. The van der Waals surface area contributed by atoms with Crippen LogP contribution >= 0.6 is 0 Å². The Balaban J connectivity index is 1.38. The van der Waals surface area contributed by atoms with Gasteiger partial charge in [0.25, 0.3) is 0 Å². The van der Waals surface area contributed by atoms with E-state index in [1.165, 1.54) is 16.7 Å². The van der Waals surface area contributed by atoms with Crippen LogP contribution in [0.2, 0.25) is 0 Å². The zero-order valence-electron chi connectivity index (χ0n) is 16.4. The maximum atomic E-state index is 4.94. The first-order valence-electron chi connectivity index (χ1n) is 10.0. The fraction of sp³-hybridized carbons (Fsp3) is 0.261. The summed E-state index contributed by atoms with van der Waals surface area (Å²) in [6.07, 6.45) is 4.16. The van der Waals surface area contributed by atoms with E-state index < -0.39 is 0 Å². The van der Waals surface area contributed by atoms with Crippen molar-refractivity contribution in [3.8, 4) is 22.4 Å². The van der Waals surface area contributed by atoms with Crippen molar-refractivity contribution in [2.45, 2.75) is 32.4 Å². The van der Waals surface area contributed by atoms with Crippen molar-refractivity contribution in [2.75, 3.05) is 6.54 Å². The molecule has 0 saturated carbocycles. The molecule has 0 radical (unpaired) electrons. The Kier molecular flexibility index (Phi) is 4.69. The summed E-state index contributed by atoms with van der Waals surface area (Å²) in [6, 6.07) is 19.3. The van der Waals surface area contributed by atoms with Crippen molar-refractivity contribution in [2.24, 2.45) is 0 Å². The van der Waals surface area contributed by atoms with Crippen molar-refractivity contribution in [1.29, 1.82) is 0 Å². The van der Waals surface area contributed by atoms with Crippen molar-refractivity contribution >= 4 is 0 Å². The van der Waals surface area contributed by atoms with Crippen LogP contribution in [0.3, 0.4) is 0 Å². The van der Waals surface area contributed by atoms with Gasteiger partial charge in [0, 0.05) is 12.1 Å². The van der Waals surface area contributed by atoms with Gasteiger partial charge < -0.3 is 0 Å². The molecule has 1 aliphatic heterocycles. The summed E-state index contributed by atoms with van der Waals surface area (Å²) in [5.41, 5.74) is 7.69. The standard InChI is InChI=1S/C23H23N5O/c1-16-22(27-29-26-16)21-8-5-13-28(21)15-20-14-24-25-23(20)19-11-9-18(10-12-19)17-6-3-2-4-7-17/h2-4,6-7,9-12,14,21H,5,8,13,15H2,1H3,(H,24,25)/t21-/m0/s1. The fourth-order valence-corrected chi connectivity index (χ4v) is 4.23. The lowest BCUT2D eigenvalue weighted by molar-refractivity contribution is 0.231. The van der Waals surface area contributed by atoms with Gasteiger partial charge in [0.2, 0.25) is 0 Å². The monoisotopic (exact) mass is 385 g/mol. The first-order chi connectivity index (χ1) is 14.3. The lowest BCUT2D eigenvalue weighted by atomic mass is 10.0.